The maximum Gasteiger partial charge on any atom is 0.119 e. The normalized spacial score (nSPS) is 11.6. The molecule has 0 atom stereocenters. The highest BCUT2D eigenvalue weighted by molar-refractivity contribution is 5.81. The lowest BCUT2D eigenvalue weighted by atomic mass is 10.1. The molecule has 0 aliphatic rings. The van der Waals surface area contributed by atoms with Crippen LogP contribution in [0.1, 0.15) is 45.0 Å². The molecule has 0 aliphatic heterocycles. The molecule has 0 radical (unpaired) electrons. The quantitative estimate of drug-likeness (QED) is 0.141. The predicted octanol–water partition coefficient (Wildman–Crippen LogP) is 9.19. The van der Waals surface area contributed by atoms with E-state index in [9.17, 15) is 0 Å². The summed E-state index contributed by atoms with van der Waals surface area (Å²) < 4.78 is 21.7. The average molecular weight is 609 g/mol. The fourth-order valence-electron chi connectivity index (χ4n) is 4.66. The lowest BCUT2D eigenvalue weighted by Gasteiger charge is -2.08. The molecular weight excluding hydrogens is 572 g/mol. The number of methoxy groups -OCH3 is 4. The Bertz CT molecular complexity index is 1630. The summed E-state index contributed by atoms with van der Waals surface area (Å²) in [6.07, 6.45) is 16.0. The number of hydrogen-bond donors (Lipinski definition) is 0. The van der Waals surface area contributed by atoms with E-state index in [1.807, 2.05) is 146 Å². The molecule has 0 bridgehead atoms. The van der Waals surface area contributed by atoms with Crippen molar-refractivity contribution < 1.29 is 18.9 Å². The molecule has 5 rings (SSSR count). The van der Waals surface area contributed by atoms with Gasteiger partial charge in [0.25, 0.3) is 0 Å². The van der Waals surface area contributed by atoms with Crippen molar-refractivity contribution in [2.75, 3.05) is 28.4 Å². The van der Waals surface area contributed by atoms with Gasteiger partial charge in [-0.2, -0.15) is 0 Å². The van der Waals surface area contributed by atoms with Crippen LogP contribution in [0.5, 0.6) is 23.0 Å². The van der Waals surface area contributed by atoms with Crippen molar-refractivity contribution in [3.63, 3.8) is 0 Å². The molecule has 0 saturated carbocycles. The first-order chi connectivity index (χ1) is 22.6. The van der Waals surface area contributed by atoms with Gasteiger partial charge in [-0.1, -0.05) is 72.8 Å². The van der Waals surface area contributed by atoms with Gasteiger partial charge in [0.1, 0.15) is 23.0 Å². The van der Waals surface area contributed by atoms with Crippen molar-refractivity contribution in [3.05, 3.63) is 142 Å². The van der Waals surface area contributed by atoms with Gasteiger partial charge in [0.2, 0.25) is 0 Å². The zero-order valence-corrected chi connectivity index (χ0v) is 26.4. The van der Waals surface area contributed by atoms with Gasteiger partial charge in [0.15, 0.2) is 0 Å². The van der Waals surface area contributed by atoms with Gasteiger partial charge in [-0.25, -0.2) is 9.97 Å². The summed E-state index contributed by atoms with van der Waals surface area (Å²) in [7, 11) is 6.64. The molecule has 0 amide bonds. The van der Waals surface area contributed by atoms with E-state index in [1.54, 1.807) is 28.4 Å². The first kappa shape index (κ1) is 31.5. The van der Waals surface area contributed by atoms with E-state index in [0.717, 1.165) is 45.3 Å². The molecule has 1 aromatic heterocycles. The molecule has 5 aromatic rings. The van der Waals surface area contributed by atoms with E-state index in [1.165, 1.54) is 0 Å². The Morgan fingerprint density at radius 2 is 0.587 bits per heavy atom. The van der Waals surface area contributed by atoms with Crippen LogP contribution in [-0.4, -0.2) is 38.4 Å². The average Bonchev–Trinajstić information content (AvgIpc) is 3.12. The maximum absolute atomic E-state index is 5.42. The summed E-state index contributed by atoms with van der Waals surface area (Å²) >= 11 is 0. The number of rotatable bonds is 12. The van der Waals surface area contributed by atoms with Crippen LogP contribution < -0.4 is 18.9 Å². The predicted molar refractivity (Wildman–Crippen MR) is 190 cm³/mol. The second-order valence-corrected chi connectivity index (χ2v) is 10.2. The zero-order chi connectivity index (χ0) is 32.1. The SMILES string of the molecule is COc1cccc(/C=C/c2nc(/C=C/c3cccc(OC)c3)c(/C=C/c3cccc(OC)c3)nc2/C=C/c2cccc(OC)c2)c1. The van der Waals surface area contributed by atoms with Gasteiger partial charge in [0, 0.05) is 0 Å². The summed E-state index contributed by atoms with van der Waals surface area (Å²) in [6.45, 7) is 0. The summed E-state index contributed by atoms with van der Waals surface area (Å²) in [6, 6.07) is 31.5. The lowest BCUT2D eigenvalue weighted by molar-refractivity contribution is 0.414. The molecule has 0 saturated heterocycles. The van der Waals surface area contributed by atoms with E-state index in [-0.39, 0.29) is 0 Å². The standard InChI is InChI=1S/C40H36N2O4/c1-43-33-13-5-9-29(25-33)17-21-37-38(22-18-30-10-6-14-34(26-30)44-2)42-40(24-20-32-12-8-16-36(28-32)46-4)39(41-37)23-19-31-11-7-15-35(27-31)45-3/h5-28H,1-4H3/b21-17+,22-18+,23-19+,24-20+. The number of aromatic nitrogens is 2. The van der Waals surface area contributed by atoms with Crippen molar-refractivity contribution in [2.45, 2.75) is 0 Å². The Morgan fingerprint density at radius 1 is 0.348 bits per heavy atom. The van der Waals surface area contributed by atoms with Crippen LogP contribution in [0.25, 0.3) is 48.6 Å². The highest BCUT2D eigenvalue weighted by Gasteiger charge is 2.09. The van der Waals surface area contributed by atoms with Gasteiger partial charge >= 0.3 is 0 Å². The summed E-state index contributed by atoms with van der Waals surface area (Å²) in [4.78, 5) is 10.3. The minimum Gasteiger partial charge on any atom is -0.497 e. The topological polar surface area (TPSA) is 62.7 Å². The van der Waals surface area contributed by atoms with E-state index in [0.29, 0.717) is 22.8 Å². The minimum absolute atomic E-state index is 0.714. The molecular formula is C40H36N2O4. The Balaban J connectivity index is 1.63. The second kappa shape index (κ2) is 15.7. The van der Waals surface area contributed by atoms with Crippen LogP contribution in [0.2, 0.25) is 0 Å². The van der Waals surface area contributed by atoms with Crippen molar-refractivity contribution in [3.8, 4) is 23.0 Å². The molecule has 6 nitrogen and oxygen atoms in total. The smallest absolute Gasteiger partial charge is 0.119 e. The number of benzene rings is 4. The largest absolute Gasteiger partial charge is 0.497 e. The Kier molecular flexibility index (Phi) is 10.8. The van der Waals surface area contributed by atoms with Crippen molar-refractivity contribution >= 4 is 48.6 Å². The van der Waals surface area contributed by atoms with Crippen LogP contribution in [0, 0.1) is 0 Å². The summed E-state index contributed by atoms with van der Waals surface area (Å²) in [5, 5.41) is 0. The van der Waals surface area contributed by atoms with Crippen molar-refractivity contribution in [1.29, 1.82) is 0 Å². The number of hydrogen-bond acceptors (Lipinski definition) is 6. The minimum atomic E-state index is 0.714. The number of nitrogens with zero attached hydrogens (tertiary/aromatic N) is 2. The zero-order valence-electron chi connectivity index (χ0n) is 26.4. The van der Waals surface area contributed by atoms with Crippen molar-refractivity contribution in [2.24, 2.45) is 0 Å². The third-order valence-electron chi connectivity index (χ3n) is 7.12. The maximum atomic E-state index is 5.42. The van der Waals surface area contributed by atoms with Crippen molar-refractivity contribution in [1.82, 2.24) is 9.97 Å². The highest BCUT2D eigenvalue weighted by Crippen LogP contribution is 2.23. The fraction of sp³-hybridized carbons (Fsp3) is 0.100. The van der Waals surface area contributed by atoms with Crippen LogP contribution in [0.4, 0.5) is 0 Å². The Morgan fingerprint density at radius 3 is 0.804 bits per heavy atom. The molecule has 6 heteroatoms. The molecule has 0 N–H and O–H groups in total. The first-order valence-corrected chi connectivity index (χ1v) is 14.8. The lowest BCUT2D eigenvalue weighted by Crippen LogP contribution is -2.00. The van der Waals surface area contributed by atoms with Crippen LogP contribution >= 0.6 is 0 Å². The summed E-state index contributed by atoms with van der Waals surface area (Å²) in [5.41, 5.74) is 6.80. The van der Waals surface area contributed by atoms with Gasteiger partial charge < -0.3 is 18.9 Å². The van der Waals surface area contributed by atoms with E-state index in [4.69, 9.17) is 28.9 Å². The molecule has 0 fully saturated rings. The third kappa shape index (κ3) is 8.61. The van der Waals surface area contributed by atoms with Crippen LogP contribution in [-0.2, 0) is 0 Å². The monoisotopic (exact) mass is 608 g/mol. The van der Waals surface area contributed by atoms with Gasteiger partial charge in [0.05, 0.1) is 51.2 Å². The van der Waals surface area contributed by atoms with E-state index in [2.05, 4.69) is 0 Å². The van der Waals surface area contributed by atoms with Gasteiger partial charge in [-0.15, -0.1) is 0 Å². The Labute approximate surface area is 270 Å². The molecule has 0 unspecified atom stereocenters. The fourth-order valence-corrected chi connectivity index (χ4v) is 4.66. The van der Waals surface area contributed by atoms with Crippen LogP contribution in [0.3, 0.4) is 0 Å². The van der Waals surface area contributed by atoms with E-state index < -0.39 is 0 Å². The van der Waals surface area contributed by atoms with Gasteiger partial charge in [-0.3, -0.25) is 0 Å². The second-order valence-electron chi connectivity index (χ2n) is 10.2. The van der Waals surface area contributed by atoms with Crippen LogP contribution in [0.15, 0.2) is 97.1 Å². The molecule has 0 aliphatic carbocycles. The molecule has 230 valence electrons. The molecule has 4 aromatic carbocycles. The Hall–Kier alpha value is -5.88. The summed E-state index contributed by atoms with van der Waals surface area (Å²) in [5.74, 6) is 3.13. The van der Waals surface area contributed by atoms with E-state index >= 15 is 0 Å². The van der Waals surface area contributed by atoms with Gasteiger partial charge in [-0.05, 0) is 95.1 Å². The molecule has 46 heavy (non-hydrogen) atoms. The molecule has 0 spiro atoms. The molecule has 1 heterocycles. The third-order valence-corrected chi connectivity index (χ3v) is 7.12. The number of ether oxygens (including phenoxy) is 4. The first-order valence-electron chi connectivity index (χ1n) is 14.8. The highest BCUT2D eigenvalue weighted by atomic mass is 16.5.